The predicted molar refractivity (Wildman–Crippen MR) is 109 cm³/mol. The lowest BCUT2D eigenvalue weighted by atomic mass is 10.1. The number of amides is 2. The maximum atomic E-state index is 13.0. The highest BCUT2D eigenvalue weighted by Gasteiger charge is 2.40. The topological polar surface area (TPSA) is 60.9 Å². The van der Waals surface area contributed by atoms with Gasteiger partial charge in [-0.25, -0.2) is 0 Å². The van der Waals surface area contributed by atoms with Crippen molar-refractivity contribution in [1.29, 1.82) is 0 Å². The first-order valence-electron chi connectivity index (χ1n) is 9.67. The van der Waals surface area contributed by atoms with Gasteiger partial charge in [0.05, 0.1) is 18.1 Å². The molecule has 0 spiro atoms. The number of alkyl halides is 3. The van der Waals surface area contributed by atoms with E-state index in [1.807, 2.05) is 0 Å². The Bertz CT molecular complexity index is 950. The molecule has 1 fully saturated rings. The average molecular weight is 455 g/mol. The minimum Gasteiger partial charge on any atom is -0.391 e. The fourth-order valence-electron chi connectivity index (χ4n) is 3.65. The monoisotopic (exact) mass is 454 g/mol. The quantitative estimate of drug-likeness (QED) is 0.752. The van der Waals surface area contributed by atoms with Crippen LogP contribution in [0.1, 0.15) is 23.1 Å². The third-order valence-electron chi connectivity index (χ3n) is 5.20. The largest absolute Gasteiger partial charge is 0.416 e. The zero-order valence-corrected chi connectivity index (χ0v) is 17.5. The molecule has 1 aliphatic heterocycles. The van der Waals surface area contributed by atoms with E-state index in [0.29, 0.717) is 5.02 Å². The smallest absolute Gasteiger partial charge is 0.391 e. The lowest BCUT2D eigenvalue weighted by Gasteiger charge is -2.28. The second-order valence-electron chi connectivity index (χ2n) is 7.65. The fraction of sp³-hybridized carbons (Fsp3) is 0.364. The number of halogens is 4. The van der Waals surface area contributed by atoms with Crippen LogP contribution in [0.25, 0.3) is 0 Å². The summed E-state index contributed by atoms with van der Waals surface area (Å²) >= 11 is 5.87. The first-order valence-corrected chi connectivity index (χ1v) is 10.1. The van der Waals surface area contributed by atoms with Crippen LogP contribution in [-0.2, 0) is 28.7 Å². The summed E-state index contributed by atoms with van der Waals surface area (Å²) < 4.78 is 38.8. The van der Waals surface area contributed by atoms with E-state index in [9.17, 15) is 27.9 Å². The van der Waals surface area contributed by atoms with Gasteiger partial charge in [-0.1, -0.05) is 41.9 Å². The van der Waals surface area contributed by atoms with Crippen molar-refractivity contribution in [2.24, 2.45) is 0 Å². The second-order valence-corrected chi connectivity index (χ2v) is 8.08. The zero-order chi connectivity index (χ0) is 22.8. The summed E-state index contributed by atoms with van der Waals surface area (Å²) in [6, 6.07) is 10.7. The standard InChI is InChI=1S/C22H22ClF3N2O3/c1-27(12-14-5-7-17(23)8-6-14)21(31)19-11-18(29)13-28(19)20(30)10-15-3-2-4-16(9-15)22(24,25)26/h2-9,18-19,29H,10-13H2,1H3/t18-,19?/m1/s1. The lowest BCUT2D eigenvalue weighted by Crippen LogP contribution is -2.46. The first kappa shape index (κ1) is 23.1. The number of rotatable bonds is 5. The van der Waals surface area contributed by atoms with Crippen molar-refractivity contribution in [1.82, 2.24) is 9.80 Å². The number of β-amino-alcohol motifs (C(OH)–C–C–N with tert-alkyl or cyclic N) is 1. The van der Waals surface area contributed by atoms with Crippen molar-refractivity contribution in [3.63, 3.8) is 0 Å². The maximum absolute atomic E-state index is 13.0. The normalized spacial score (nSPS) is 18.8. The van der Waals surface area contributed by atoms with Gasteiger partial charge in [0.25, 0.3) is 0 Å². The highest BCUT2D eigenvalue weighted by atomic mass is 35.5. The number of likely N-dealkylation sites (tertiary alicyclic amines) is 1. The number of benzene rings is 2. The molecule has 2 amide bonds. The molecule has 2 atom stereocenters. The van der Waals surface area contributed by atoms with Gasteiger partial charge in [0.1, 0.15) is 6.04 Å². The van der Waals surface area contributed by atoms with Crippen LogP contribution in [0.5, 0.6) is 0 Å². The number of likely N-dealkylation sites (N-methyl/N-ethyl adjacent to an activating group) is 1. The molecule has 0 aliphatic carbocycles. The summed E-state index contributed by atoms with van der Waals surface area (Å²) in [5.74, 6) is -0.849. The molecule has 1 aliphatic rings. The second kappa shape index (κ2) is 9.28. The molecule has 31 heavy (non-hydrogen) atoms. The van der Waals surface area contributed by atoms with E-state index in [4.69, 9.17) is 11.6 Å². The number of carbonyl (C=O) groups excluding carboxylic acids is 2. The van der Waals surface area contributed by atoms with Crippen LogP contribution in [0.3, 0.4) is 0 Å². The highest BCUT2D eigenvalue weighted by Crippen LogP contribution is 2.30. The van der Waals surface area contributed by atoms with E-state index in [2.05, 4.69) is 0 Å². The molecule has 1 heterocycles. The maximum Gasteiger partial charge on any atom is 0.416 e. The Morgan fingerprint density at radius 3 is 2.48 bits per heavy atom. The number of aliphatic hydroxyl groups excluding tert-OH is 1. The van der Waals surface area contributed by atoms with E-state index in [0.717, 1.165) is 17.7 Å². The Hall–Kier alpha value is -2.58. The van der Waals surface area contributed by atoms with Gasteiger partial charge < -0.3 is 14.9 Å². The number of hydrogen-bond donors (Lipinski definition) is 1. The number of aliphatic hydroxyl groups is 1. The van der Waals surface area contributed by atoms with Gasteiger partial charge >= 0.3 is 6.18 Å². The summed E-state index contributed by atoms with van der Waals surface area (Å²) in [7, 11) is 1.59. The van der Waals surface area contributed by atoms with Gasteiger partial charge in [-0.2, -0.15) is 13.2 Å². The molecule has 1 unspecified atom stereocenters. The molecule has 0 bridgehead atoms. The summed E-state index contributed by atoms with van der Waals surface area (Å²) in [6.07, 6.45) is -5.59. The summed E-state index contributed by atoms with van der Waals surface area (Å²) in [5, 5.41) is 10.6. The summed E-state index contributed by atoms with van der Waals surface area (Å²) in [5.41, 5.74) is 0.206. The predicted octanol–water partition coefficient (Wildman–Crippen LogP) is 3.52. The average Bonchev–Trinajstić information content (AvgIpc) is 3.10. The number of hydrogen-bond acceptors (Lipinski definition) is 3. The SMILES string of the molecule is CN(Cc1ccc(Cl)cc1)C(=O)C1C[C@@H](O)CN1C(=O)Cc1cccc(C(F)(F)F)c1. The van der Waals surface area contributed by atoms with Crippen LogP contribution >= 0.6 is 11.6 Å². The third-order valence-corrected chi connectivity index (χ3v) is 5.46. The van der Waals surface area contributed by atoms with E-state index in [1.54, 1.807) is 31.3 Å². The molecular weight excluding hydrogens is 433 g/mol. The summed E-state index contributed by atoms with van der Waals surface area (Å²) in [6.45, 7) is 0.251. The van der Waals surface area contributed by atoms with Gasteiger partial charge in [0.15, 0.2) is 0 Å². The molecule has 0 saturated carbocycles. The molecule has 0 aromatic heterocycles. The van der Waals surface area contributed by atoms with E-state index < -0.39 is 29.8 Å². The zero-order valence-electron chi connectivity index (χ0n) is 16.8. The molecule has 3 rings (SSSR count). The van der Waals surface area contributed by atoms with Crippen LogP contribution in [0.15, 0.2) is 48.5 Å². The number of nitrogens with zero attached hydrogens (tertiary/aromatic N) is 2. The van der Waals surface area contributed by atoms with Crippen LogP contribution in [0.4, 0.5) is 13.2 Å². The van der Waals surface area contributed by atoms with Gasteiger partial charge in [-0.3, -0.25) is 9.59 Å². The highest BCUT2D eigenvalue weighted by molar-refractivity contribution is 6.30. The minimum absolute atomic E-state index is 0.0387. The van der Waals surface area contributed by atoms with E-state index >= 15 is 0 Å². The summed E-state index contributed by atoms with van der Waals surface area (Å²) in [4.78, 5) is 28.5. The van der Waals surface area contributed by atoms with Gasteiger partial charge in [-0.15, -0.1) is 0 Å². The molecular formula is C22H22ClF3N2O3. The van der Waals surface area contributed by atoms with Crippen molar-refractivity contribution in [2.75, 3.05) is 13.6 Å². The van der Waals surface area contributed by atoms with Crippen LogP contribution in [0, 0.1) is 0 Å². The Morgan fingerprint density at radius 2 is 1.84 bits per heavy atom. The molecule has 2 aromatic carbocycles. The molecule has 166 valence electrons. The minimum atomic E-state index is -4.51. The van der Waals surface area contributed by atoms with Crippen molar-refractivity contribution >= 4 is 23.4 Å². The van der Waals surface area contributed by atoms with Crippen molar-refractivity contribution in [3.8, 4) is 0 Å². The molecule has 9 heteroatoms. The van der Waals surface area contributed by atoms with Crippen molar-refractivity contribution in [2.45, 2.75) is 37.7 Å². The van der Waals surface area contributed by atoms with E-state index in [1.165, 1.54) is 21.9 Å². The lowest BCUT2D eigenvalue weighted by molar-refractivity contribution is -0.143. The third kappa shape index (κ3) is 5.77. The van der Waals surface area contributed by atoms with Crippen LogP contribution in [0.2, 0.25) is 5.02 Å². The fourth-order valence-corrected chi connectivity index (χ4v) is 3.78. The number of carbonyl (C=O) groups is 2. The Morgan fingerprint density at radius 1 is 1.16 bits per heavy atom. The van der Waals surface area contributed by atoms with Gasteiger partial charge in [0, 0.05) is 31.6 Å². The first-order chi connectivity index (χ1) is 14.5. The van der Waals surface area contributed by atoms with Gasteiger partial charge in [0.2, 0.25) is 11.8 Å². The molecule has 5 nitrogen and oxygen atoms in total. The molecule has 1 N–H and O–H groups in total. The van der Waals surface area contributed by atoms with Crippen LogP contribution in [-0.4, -0.2) is 52.5 Å². The van der Waals surface area contributed by atoms with E-state index in [-0.39, 0.29) is 37.4 Å². The van der Waals surface area contributed by atoms with Crippen molar-refractivity contribution < 1.29 is 27.9 Å². The van der Waals surface area contributed by atoms with Crippen molar-refractivity contribution in [3.05, 3.63) is 70.2 Å². The molecule has 1 saturated heterocycles. The Balaban J connectivity index is 1.70. The Kier molecular flexibility index (Phi) is 6.91. The molecule has 0 radical (unpaired) electrons. The molecule has 2 aromatic rings. The van der Waals surface area contributed by atoms with Gasteiger partial charge in [-0.05, 0) is 29.3 Å². The van der Waals surface area contributed by atoms with Crippen LogP contribution < -0.4 is 0 Å². The Labute approximate surface area is 183 Å².